The Morgan fingerprint density at radius 3 is 2.71 bits per heavy atom. The van der Waals surface area contributed by atoms with E-state index in [0.717, 1.165) is 31.8 Å². The van der Waals surface area contributed by atoms with Gasteiger partial charge in [-0.2, -0.15) is 0 Å². The monoisotopic (exact) mass is 349 g/mol. The summed E-state index contributed by atoms with van der Waals surface area (Å²) in [5.74, 6) is 2.71. The first kappa shape index (κ1) is 16.1. The minimum atomic E-state index is 0.0663. The first-order valence-corrected chi connectivity index (χ1v) is 9.48. The number of fused-ring (bicyclic) bond motifs is 2. The third-order valence-electron chi connectivity index (χ3n) is 5.63. The molecule has 4 nitrogen and oxygen atoms in total. The second-order valence-corrected chi connectivity index (χ2v) is 7.59. The summed E-state index contributed by atoms with van der Waals surface area (Å²) in [7, 11) is 0. The van der Waals surface area contributed by atoms with Gasteiger partial charge in [0.2, 0.25) is 0 Å². The van der Waals surface area contributed by atoms with Crippen molar-refractivity contribution in [2.24, 2.45) is 11.8 Å². The molecule has 0 bridgehead atoms. The van der Waals surface area contributed by atoms with E-state index in [9.17, 15) is 4.79 Å². The number of carbonyl (C=O) groups excluding carboxylic acids is 1. The van der Waals surface area contributed by atoms with Crippen molar-refractivity contribution >= 4 is 17.5 Å². The van der Waals surface area contributed by atoms with Crippen LogP contribution in [0.2, 0.25) is 5.02 Å². The van der Waals surface area contributed by atoms with Crippen molar-refractivity contribution < 1.29 is 14.3 Å². The minimum absolute atomic E-state index is 0.0663. The Kier molecular flexibility index (Phi) is 4.57. The summed E-state index contributed by atoms with van der Waals surface area (Å²) in [4.78, 5) is 15.0. The predicted molar refractivity (Wildman–Crippen MR) is 93.0 cm³/mol. The molecular weight excluding hydrogens is 326 g/mol. The van der Waals surface area contributed by atoms with Crippen molar-refractivity contribution in [3.8, 4) is 11.5 Å². The van der Waals surface area contributed by atoms with E-state index in [1.165, 1.54) is 25.7 Å². The number of amides is 1. The van der Waals surface area contributed by atoms with Gasteiger partial charge in [-0.1, -0.05) is 30.9 Å². The van der Waals surface area contributed by atoms with E-state index in [-0.39, 0.29) is 5.91 Å². The van der Waals surface area contributed by atoms with Crippen molar-refractivity contribution in [3.05, 3.63) is 22.7 Å². The Balaban J connectivity index is 1.54. The summed E-state index contributed by atoms with van der Waals surface area (Å²) in [5, 5.41) is 0.463. The van der Waals surface area contributed by atoms with Crippen LogP contribution in [0.15, 0.2) is 12.1 Å². The third kappa shape index (κ3) is 3.08. The maximum Gasteiger partial charge on any atom is 0.254 e. The van der Waals surface area contributed by atoms with Gasteiger partial charge in [0, 0.05) is 25.1 Å². The van der Waals surface area contributed by atoms with Gasteiger partial charge >= 0.3 is 0 Å². The SMILES string of the molecule is O=C(c1cc(Cl)c2c(c1)OCCCO2)N1CC[C@H]2CCCC[C@H]2C1. The maximum atomic E-state index is 13.0. The van der Waals surface area contributed by atoms with Gasteiger partial charge < -0.3 is 14.4 Å². The summed E-state index contributed by atoms with van der Waals surface area (Å²) < 4.78 is 11.4. The van der Waals surface area contributed by atoms with Gasteiger partial charge in [0.05, 0.1) is 18.2 Å². The van der Waals surface area contributed by atoms with Crippen LogP contribution in [-0.2, 0) is 0 Å². The van der Waals surface area contributed by atoms with Crippen LogP contribution in [0.4, 0.5) is 0 Å². The number of benzene rings is 1. The summed E-state index contributed by atoms with van der Waals surface area (Å²) in [6.07, 6.45) is 7.21. The highest BCUT2D eigenvalue weighted by Gasteiger charge is 2.33. The van der Waals surface area contributed by atoms with E-state index in [1.54, 1.807) is 12.1 Å². The number of ether oxygens (including phenoxy) is 2. The fraction of sp³-hybridized carbons (Fsp3) is 0.632. The second kappa shape index (κ2) is 6.83. The van der Waals surface area contributed by atoms with Crippen molar-refractivity contribution in [3.63, 3.8) is 0 Å². The molecule has 5 heteroatoms. The second-order valence-electron chi connectivity index (χ2n) is 7.18. The van der Waals surface area contributed by atoms with Crippen LogP contribution in [0.25, 0.3) is 0 Å². The van der Waals surface area contributed by atoms with Gasteiger partial charge in [0.15, 0.2) is 11.5 Å². The number of nitrogens with zero attached hydrogens (tertiary/aromatic N) is 1. The molecule has 24 heavy (non-hydrogen) atoms. The number of rotatable bonds is 1. The largest absolute Gasteiger partial charge is 0.489 e. The molecule has 1 aromatic carbocycles. The van der Waals surface area contributed by atoms with Gasteiger partial charge in [-0.05, 0) is 36.8 Å². The molecular formula is C19H24ClNO3. The average molecular weight is 350 g/mol. The zero-order valence-corrected chi connectivity index (χ0v) is 14.7. The van der Waals surface area contributed by atoms with Gasteiger partial charge in [-0.25, -0.2) is 0 Å². The highest BCUT2D eigenvalue weighted by molar-refractivity contribution is 6.32. The molecule has 3 aliphatic rings. The zero-order valence-electron chi connectivity index (χ0n) is 13.9. The molecule has 0 N–H and O–H groups in total. The molecule has 0 radical (unpaired) electrons. The van der Waals surface area contributed by atoms with Gasteiger partial charge in [0.25, 0.3) is 5.91 Å². The first-order valence-electron chi connectivity index (χ1n) is 9.11. The summed E-state index contributed by atoms with van der Waals surface area (Å²) in [6.45, 7) is 2.92. The molecule has 2 atom stereocenters. The molecule has 1 amide bonds. The highest BCUT2D eigenvalue weighted by Crippen LogP contribution is 2.40. The van der Waals surface area contributed by atoms with Crippen molar-refractivity contribution in [2.45, 2.75) is 38.5 Å². The summed E-state index contributed by atoms with van der Waals surface area (Å²) >= 11 is 6.34. The first-order chi connectivity index (χ1) is 11.7. The minimum Gasteiger partial charge on any atom is -0.489 e. The molecule has 130 valence electrons. The smallest absolute Gasteiger partial charge is 0.254 e. The normalized spacial score (nSPS) is 26.5. The number of likely N-dealkylation sites (tertiary alicyclic amines) is 1. The molecule has 2 aliphatic heterocycles. The molecule has 0 aromatic heterocycles. The van der Waals surface area contributed by atoms with Gasteiger partial charge in [0.1, 0.15) is 0 Å². The Morgan fingerprint density at radius 1 is 1.04 bits per heavy atom. The lowest BCUT2D eigenvalue weighted by Crippen LogP contribution is -2.44. The third-order valence-corrected chi connectivity index (χ3v) is 5.91. The van der Waals surface area contributed by atoms with Crippen LogP contribution < -0.4 is 9.47 Å². The van der Waals surface area contributed by atoms with Crippen LogP contribution in [0.5, 0.6) is 11.5 Å². The molecule has 1 aromatic rings. The standard InChI is InChI=1S/C19H24ClNO3/c20-16-10-15(11-17-18(16)24-9-3-8-23-17)19(22)21-7-6-13-4-1-2-5-14(13)12-21/h10-11,13-14H,1-9,12H2/t13-,14+/m1/s1. The lowest BCUT2D eigenvalue weighted by atomic mass is 9.75. The van der Waals surface area contributed by atoms with Gasteiger partial charge in [-0.15, -0.1) is 0 Å². The maximum absolute atomic E-state index is 13.0. The fourth-order valence-corrected chi connectivity index (χ4v) is 4.59. The van der Waals surface area contributed by atoms with Gasteiger partial charge in [-0.3, -0.25) is 4.79 Å². The average Bonchev–Trinajstić information content (AvgIpc) is 2.86. The van der Waals surface area contributed by atoms with Crippen molar-refractivity contribution in [1.29, 1.82) is 0 Å². The lowest BCUT2D eigenvalue weighted by Gasteiger charge is -2.41. The molecule has 2 fully saturated rings. The topological polar surface area (TPSA) is 38.8 Å². The Morgan fingerprint density at radius 2 is 1.83 bits per heavy atom. The van der Waals surface area contributed by atoms with E-state index in [0.29, 0.717) is 41.2 Å². The molecule has 0 spiro atoms. The van der Waals surface area contributed by atoms with Crippen LogP contribution in [0.1, 0.15) is 48.9 Å². The Hall–Kier alpha value is -1.42. The van der Waals surface area contributed by atoms with E-state index in [1.807, 2.05) is 4.90 Å². The Labute approximate surface area is 148 Å². The number of carbonyl (C=O) groups is 1. The van der Waals surface area contributed by atoms with Crippen molar-refractivity contribution in [1.82, 2.24) is 4.90 Å². The molecule has 1 saturated heterocycles. The van der Waals surface area contributed by atoms with E-state index in [4.69, 9.17) is 21.1 Å². The Bertz CT molecular complexity index is 633. The number of hydrogen-bond donors (Lipinski definition) is 0. The molecule has 0 unspecified atom stereocenters. The lowest BCUT2D eigenvalue weighted by molar-refractivity contribution is 0.0520. The number of hydrogen-bond acceptors (Lipinski definition) is 3. The summed E-state index contributed by atoms with van der Waals surface area (Å²) in [6, 6.07) is 3.52. The van der Waals surface area contributed by atoms with Crippen LogP contribution >= 0.6 is 11.6 Å². The zero-order chi connectivity index (χ0) is 16.5. The van der Waals surface area contributed by atoms with E-state index >= 15 is 0 Å². The highest BCUT2D eigenvalue weighted by atomic mass is 35.5. The predicted octanol–water partition coefficient (Wildman–Crippen LogP) is 4.15. The van der Waals surface area contributed by atoms with E-state index in [2.05, 4.69) is 0 Å². The molecule has 1 saturated carbocycles. The molecule has 4 rings (SSSR count). The molecule has 1 aliphatic carbocycles. The van der Waals surface area contributed by atoms with Crippen LogP contribution in [0.3, 0.4) is 0 Å². The van der Waals surface area contributed by atoms with Crippen LogP contribution in [-0.4, -0.2) is 37.1 Å². The number of halogens is 1. The number of piperidine rings is 1. The quantitative estimate of drug-likeness (QED) is 0.764. The fourth-order valence-electron chi connectivity index (χ4n) is 4.32. The van der Waals surface area contributed by atoms with Crippen molar-refractivity contribution in [2.75, 3.05) is 26.3 Å². The van der Waals surface area contributed by atoms with Crippen LogP contribution in [0, 0.1) is 11.8 Å². The molecule has 2 heterocycles. The van der Waals surface area contributed by atoms with E-state index < -0.39 is 0 Å². The summed E-state index contributed by atoms with van der Waals surface area (Å²) in [5.41, 5.74) is 0.610.